The van der Waals surface area contributed by atoms with Crippen molar-refractivity contribution in [3.8, 4) is 5.75 Å². The maximum absolute atomic E-state index is 9.21. The summed E-state index contributed by atoms with van der Waals surface area (Å²) in [6.07, 6.45) is 3.19. The minimum absolute atomic E-state index is 0.164. The fourth-order valence-electron chi connectivity index (χ4n) is 0.965. The zero-order valence-corrected chi connectivity index (χ0v) is 7.09. The molecule has 0 aliphatic heterocycles. The van der Waals surface area contributed by atoms with E-state index in [1.165, 1.54) is 6.20 Å². The topological polar surface area (TPSA) is 48.9 Å². The Hall–Kier alpha value is -1.03. The molecule has 0 saturated heterocycles. The molecule has 0 radical (unpaired) electrons. The largest absolute Gasteiger partial charge is 0.505 e. The van der Waals surface area contributed by atoms with Gasteiger partial charge in [0, 0.05) is 11.6 Å². The highest BCUT2D eigenvalue weighted by atomic mass is 79.9. The molecular formula is C7H5BrN2O. The molecule has 0 aromatic carbocycles. The number of aromatic nitrogens is 2. The molecule has 2 aromatic rings. The highest BCUT2D eigenvalue weighted by Crippen LogP contribution is 2.29. The van der Waals surface area contributed by atoms with E-state index in [0.717, 1.165) is 11.0 Å². The van der Waals surface area contributed by atoms with Crippen LogP contribution in [0.2, 0.25) is 0 Å². The van der Waals surface area contributed by atoms with Gasteiger partial charge in [0.1, 0.15) is 11.4 Å². The van der Waals surface area contributed by atoms with Crippen LogP contribution in [0.4, 0.5) is 0 Å². The number of aromatic hydroxyl groups is 1. The molecule has 2 N–H and O–H groups in total. The fourth-order valence-corrected chi connectivity index (χ4v) is 1.39. The minimum atomic E-state index is 0.164. The monoisotopic (exact) mass is 212 g/mol. The summed E-state index contributed by atoms with van der Waals surface area (Å²) in [6.45, 7) is 0. The normalized spacial score (nSPS) is 10.6. The van der Waals surface area contributed by atoms with Crippen molar-refractivity contribution < 1.29 is 5.11 Å². The third kappa shape index (κ3) is 0.903. The molecule has 0 saturated carbocycles. The smallest absolute Gasteiger partial charge is 0.148 e. The van der Waals surface area contributed by atoms with E-state index in [0.29, 0.717) is 4.47 Å². The van der Waals surface area contributed by atoms with Gasteiger partial charge in [-0.2, -0.15) is 0 Å². The molecule has 2 aromatic heterocycles. The van der Waals surface area contributed by atoms with Gasteiger partial charge in [-0.3, -0.25) is 0 Å². The standard InChI is InChI=1S/C7H5BrN2O/c8-6-4-1-2-9-7(4)10-3-5(6)11/h1-3,11H,(H,9,10). The summed E-state index contributed by atoms with van der Waals surface area (Å²) in [5, 5.41) is 10.1. The summed E-state index contributed by atoms with van der Waals surface area (Å²) >= 11 is 3.25. The number of pyridine rings is 1. The molecule has 11 heavy (non-hydrogen) atoms. The Balaban J connectivity index is 2.93. The van der Waals surface area contributed by atoms with Gasteiger partial charge in [-0.25, -0.2) is 4.98 Å². The summed E-state index contributed by atoms with van der Waals surface area (Å²) in [6, 6.07) is 1.85. The highest BCUT2D eigenvalue weighted by Gasteiger charge is 2.04. The van der Waals surface area contributed by atoms with Gasteiger partial charge in [-0.15, -0.1) is 0 Å². The lowest BCUT2D eigenvalue weighted by Gasteiger charge is -1.95. The summed E-state index contributed by atoms with van der Waals surface area (Å²) in [5.41, 5.74) is 0.773. The van der Waals surface area contributed by atoms with E-state index >= 15 is 0 Å². The van der Waals surface area contributed by atoms with Gasteiger partial charge in [0.05, 0.1) is 10.7 Å². The molecule has 0 aliphatic rings. The number of nitrogens with zero attached hydrogens (tertiary/aromatic N) is 1. The number of rotatable bonds is 0. The van der Waals surface area contributed by atoms with Gasteiger partial charge in [0.25, 0.3) is 0 Å². The molecule has 0 fully saturated rings. The zero-order chi connectivity index (χ0) is 7.84. The second kappa shape index (κ2) is 2.23. The van der Waals surface area contributed by atoms with Crippen LogP contribution < -0.4 is 0 Å². The average Bonchev–Trinajstić information content (AvgIpc) is 2.45. The van der Waals surface area contributed by atoms with Crippen LogP contribution in [-0.4, -0.2) is 15.1 Å². The van der Waals surface area contributed by atoms with E-state index in [1.54, 1.807) is 6.20 Å². The van der Waals surface area contributed by atoms with Crippen LogP contribution in [0.15, 0.2) is 22.9 Å². The number of H-pyrrole nitrogens is 1. The van der Waals surface area contributed by atoms with Crippen LogP contribution in [-0.2, 0) is 0 Å². The molecule has 4 heteroatoms. The van der Waals surface area contributed by atoms with Gasteiger partial charge in [-0.1, -0.05) is 0 Å². The predicted molar refractivity (Wildman–Crippen MR) is 45.5 cm³/mol. The van der Waals surface area contributed by atoms with Crippen molar-refractivity contribution in [3.63, 3.8) is 0 Å². The maximum atomic E-state index is 9.21. The molecule has 0 unspecified atom stereocenters. The molecule has 0 bridgehead atoms. The Morgan fingerprint density at radius 1 is 1.55 bits per heavy atom. The van der Waals surface area contributed by atoms with E-state index in [-0.39, 0.29) is 5.75 Å². The van der Waals surface area contributed by atoms with E-state index in [2.05, 4.69) is 25.9 Å². The molecule has 3 nitrogen and oxygen atoms in total. The maximum Gasteiger partial charge on any atom is 0.148 e. The Morgan fingerprint density at radius 2 is 2.36 bits per heavy atom. The first-order valence-electron chi connectivity index (χ1n) is 3.09. The lowest BCUT2D eigenvalue weighted by atomic mass is 10.3. The number of hydrogen-bond donors (Lipinski definition) is 2. The molecule has 0 atom stereocenters. The zero-order valence-electron chi connectivity index (χ0n) is 5.50. The Morgan fingerprint density at radius 3 is 3.18 bits per heavy atom. The van der Waals surface area contributed by atoms with Gasteiger partial charge < -0.3 is 10.1 Å². The lowest BCUT2D eigenvalue weighted by molar-refractivity contribution is 0.470. The number of hydrogen-bond acceptors (Lipinski definition) is 2. The molecule has 2 rings (SSSR count). The van der Waals surface area contributed by atoms with Crippen LogP contribution in [0.1, 0.15) is 0 Å². The summed E-state index contributed by atoms with van der Waals surface area (Å²) in [5.74, 6) is 0.164. The van der Waals surface area contributed by atoms with Crippen molar-refractivity contribution in [2.45, 2.75) is 0 Å². The summed E-state index contributed by atoms with van der Waals surface area (Å²) in [7, 11) is 0. The van der Waals surface area contributed by atoms with E-state index in [9.17, 15) is 5.11 Å². The lowest BCUT2D eigenvalue weighted by Crippen LogP contribution is -1.76. The predicted octanol–water partition coefficient (Wildman–Crippen LogP) is 2.03. The van der Waals surface area contributed by atoms with Crippen LogP contribution in [0.25, 0.3) is 11.0 Å². The van der Waals surface area contributed by atoms with Crippen LogP contribution in [0, 0.1) is 0 Å². The highest BCUT2D eigenvalue weighted by molar-refractivity contribution is 9.10. The van der Waals surface area contributed by atoms with Gasteiger partial charge in [0.2, 0.25) is 0 Å². The third-order valence-electron chi connectivity index (χ3n) is 1.50. The number of fused-ring (bicyclic) bond motifs is 1. The van der Waals surface area contributed by atoms with Crippen LogP contribution >= 0.6 is 15.9 Å². The van der Waals surface area contributed by atoms with Crippen molar-refractivity contribution in [3.05, 3.63) is 22.9 Å². The van der Waals surface area contributed by atoms with E-state index in [4.69, 9.17) is 0 Å². The second-order valence-corrected chi connectivity index (χ2v) is 2.99. The minimum Gasteiger partial charge on any atom is -0.505 e. The van der Waals surface area contributed by atoms with Gasteiger partial charge in [0.15, 0.2) is 0 Å². The Labute approximate surface area is 71.2 Å². The van der Waals surface area contributed by atoms with Gasteiger partial charge in [-0.05, 0) is 22.0 Å². The number of aromatic amines is 1. The van der Waals surface area contributed by atoms with Crippen LogP contribution in [0.5, 0.6) is 5.75 Å². The summed E-state index contributed by atoms with van der Waals surface area (Å²) < 4.78 is 0.684. The average molecular weight is 213 g/mol. The van der Waals surface area contributed by atoms with E-state index < -0.39 is 0 Å². The molecular weight excluding hydrogens is 208 g/mol. The molecule has 56 valence electrons. The van der Waals surface area contributed by atoms with Crippen molar-refractivity contribution in [2.75, 3.05) is 0 Å². The van der Waals surface area contributed by atoms with Crippen LogP contribution in [0.3, 0.4) is 0 Å². The van der Waals surface area contributed by atoms with E-state index in [1.807, 2.05) is 6.07 Å². The first kappa shape index (κ1) is 6.67. The molecule has 0 amide bonds. The SMILES string of the molecule is Oc1cnc2[nH]ccc2c1Br. The molecule has 2 heterocycles. The Kier molecular flexibility index (Phi) is 1.35. The first-order valence-corrected chi connectivity index (χ1v) is 3.89. The molecule has 0 spiro atoms. The summed E-state index contributed by atoms with van der Waals surface area (Å²) in [4.78, 5) is 6.90. The Bertz CT molecular complexity index is 396. The quantitative estimate of drug-likeness (QED) is 0.703. The van der Waals surface area contributed by atoms with Crippen molar-refractivity contribution in [1.29, 1.82) is 0 Å². The van der Waals surface area contributed by atoms with Crippen molar-refractivity contribution >= 4 is 27.0 Å². The van der Waals surface area contributed by atoms with Crippen molar-refractivity contribution in [1.82, 2.24) is 9.97 Å². The third-order valence-corrected chi connectivity index (χ3v) is 2.34. The number of halogens is 1. The van der Waals surface area contributed by atoms with Crippen molar-refractivity contribution in [2.24, 2.45) is 0 Å². The fraction of sp³-hybridized carbons (Fsp3) is 0. The van der Waals surface area contributed by atoms with Gasteiger partial charge >= 0.3 is 0 Å². The number of nitrogens with one attached hydrogen (secondary N) is 1. The molecule has 0 aliphatic carbocycles. The second-order valence-electron chi connectivity index (χ2n) is 2.20. The first-order chi connectivity index (χ1) is 5.29.